The number of hydrogen-bond donors (Lipinski definition) is 3. The summed E-state index contributed by atoms with van der Waals surface area (Å²) in [5, 5.41) is 15.1. The SMILES string of the molecule is CN(C)CC(CC(=O)Nc1cc2c(Nc3ccc(F)c(Cl)c3)ncnc2cc1O[C@H]1CCOC1)OC(=O)/C=C\C(=O)O. The number of carbonyl (C=O) groups is 3. The molecule has 2 aromatic carbocycles. The maximum atomic E-state index is 13.7. The van der Waals surface area contributed by atoms with Crippen LogP contribution in [0.5, 0.6) is 5.75 Å². The van der Waals surface area contributed by atoms with Crippen molar-refractivity contribution in [3.8, 4) is 5.75 Å². The third kappa shape index (κ3) is 8.59. The van der Waals surface area contributed by atoms with E-state index in [2.05, 4.69) is 20.6 Å². The quantitative estimate of drug-likeness (QED) is 0.205. The van der Waals surface area contributed by atoms with Gasteiger partial charge in [0.1, 0.15) is 35.9 Å². The van der Waals surface area contributed by atoms with Crippen molar-refractivity contribution in [3.05, 3.63) is 59.7 Å². The highest BCUT2D eigenvalue weighted by molar-refractivity contribution is 6.31. The van der Waals surface area contributed by atoms with Gasteiger partial charge in [-0.1, -0.05) is 11.6 Å². The van der Waals surface area contributed by atoms with Crippen molar-refractivity contribution in [3.63, 3.8) is 0 Å². The molecule has 1 fully saturated rings. The Hall–Kier alpha value is -4.33. The number of benzene rings is 2. The van der Waals surface area contributed by atoms with E-state index in [9.17, 15) is 18.8 Å². The van der Waals surface area contributed by atoms with E-state index < -0.39 is 29.8 Å². The topological polar surface area (TPSA) is 152 Å². The second kappa shape index (κ2) is 14.0. The molecule has 222 valence electrons. The fourth-order valence-electron chi connectivity index (χ4n) is 4.18. The summed E-state index contributed by atoms with van der Waals surface area (Å²) < 4.78 is 30.6. The molecule has 0 spiro atoms. The van der Waals surface area contributed by atoms with Gasteiger partial charge in [0.15, 0.2) is 0 Å². The van der Waals surface area contributed by atoms with Crippen molar-refractivity contribution in [2.24, 2.45) is 0 Å². The lowest BCUT2D eigenvalue weighted by Crippen LogP contribution is -2.33. The largest absolute Gasteiger partial charge is 0.486 e. The number of fused-ring (bicyclic) bond motifs is 1. The Morgan fingerprint density at radius 3 is 2.74 bits per heavy atom. The minimum absolute atomic E-state index is 0.0628. The number of carboxylic acid groups (broad SMARTS) is 1. The normalized spacial score (nSPS) is 15.6. The first-order chi connectivity index (χ1) is 20.1. The third-order valence-electron chi connectivity index (χ3n) is 6.00. The van der Waals surface area contributed by atoms with Crippen LogP contribution in [0.3, 0.4) is 0 Å². The monoisotopic (exact) mass is 601 g/mol. The van der Waals surface area contributed by atoms with Crippen molar-refractivity contribution in [2.75, 3.05) is 44.5 Å². The summed E-state index contributed by atoms with van der Waals surface area (Å²) >= 11 is 5.93. The summed E-state index contributed by atoms with van der Waals surface area (Å²) in [5.74, 6) is -2.51. The lowest BCUT2D eigenvalue weighted by molar-refractivity contribution is -0.145. The fourth-order valence-corrected chi connectivity index (χ4v) is 4.36. The van der Waals surface area contributed by atoms with E-state index in [4.69, 9.17) is 30.9 Å². The molecule has 1 aromatic heterocycles. The molecule has 14 heteroatoms. The number of carbonyl (C=O) groups excluding carboxylic acids is 2. The molecule has 0 bridgehead atoms. The number of halogens is 2. The third-order valence-corrected chi connectivity index (χ3v) is 6.29. The minimum atomic E-state index is -1.30. The number of nitrogens with zero attached hydrogens (tertiary/aromatic N) is 3. The van der Waals surface area contributed by atoms with Crippen LogP contribution >= 0.6 is 11.6 Å². The Bertz CT molecular complexity index is 1500. The number of esters is 1. The average Bonchev–Trinajstić information content (AvgIpc) is 3.43. The molecule has 0 aliphatic carbocycles. The molecule has 1 saturated heterocycles. The van der Waals surface area contributed by atoms with Crippen molar-refractivity contribution in [2.45, 2.75) is 25.0 Å². The molecule has 1 unspecified atom stereocenters. The summed E-state index contributed by atoms with van der Waals surface area (Å²) in [6, 6.07) is 7.47. The Labute approximate surface area is 245 Å². The van der Waals surface area contributed by atoms with Crippen molar-refractivity contribution >= 4 is 57.5 Å². The number of amides is 1. The summed E-state index contributed by atoms with van der Waals surface area (Å²) in [6.07, 6.45) is 2.14. The van der Waals surface area contributed by atoms with Gasteiger partial charge in [-0.2, -0.15) is 0 Å². The standard InChI is InChI=1S/C28H29ClFN5O7/c1-35(2)13-18(42-27(39)6-5-26(37)38)10-25(36)34-23-11-19-22(12-24(23)41-17-7-8-40-14-17)31-15-32-28(19)33-16-3-4-21(30)20(29)9-16/h3-6,9,11-12,15,17-18H,7-8,10,13-14H2,1-2H3,(H,34,36)(H,37,38)(H,31,32,33)/b6-5-/t17-,18?/m0/s1. The number of carboxylic acids is 1. The predicted molar refractivity (Wildman–Crippen MR) is 153 cm³/mol. The number of likely N-dealkylation sites (N-methyl/N-ethyl adjacent to an activating group) is 1. The molecule has 1 amide bonds. The van der Waals surface area contributed by atoms with Crippen molar-refractivity contribution in [1.82, 2.24) is 14.9 Å². The van der Waals surface area contributed by atoms with E-state index >= 15 is 0 Å². The molecule has 2 atom stereocenters. The summed E-state index contributed by atoms with van der Waals surface area (Å²) in [4.78, 5) is 46.4. The van der Waals surface area contributed by atoms with Crippen LogP contribution in [0.4, 0.5) is 21.6 Å². The summed E-state index contributed by atoms with van der Waals surface area (Å²) in [7, 11) is 3.49. The molecule has 3 aromatic rings. The van der Waals surface area contributed by atoms with Gasteiger partial charge in [-0.05, 0) is 38.4 Å². The summed E-state index contributed by atoms with van der Waals surface area (Å²) in [5.41, 5.74) is 1.31. The van der Waals surface area contributed by atoms with Gasteiger partial charge in [0.25, 0.3) is 0 Å². The molecule has 0 radical (unpaired) electrons. The highest BCUT2D eigenvalue weighted by atomic mass is 35.5. The van der Waals surface area contributed by atoms with Crippen molar-refractivity contribution < 1.29 is 38.1 Å². The molecule has 12 nitrogen and oxygen atoms in total. The number of aliphatic carboxylic acids is 1. The van der Waals surface area contributed by atoms with E-state index in [1.807, 2.05) is 0 Å². The Balaban J connectivity index is 1.62. The molecule has 1 aliphatic rings. The summed E-state index contributed by atoms with van der Waals surface area (Å²) in [6.45, 7) is 1.14. The van der Waals surface area contributed by atoms with Gasteiger partial charge in [-0.25, -0.2) is 23.9 Å². The predicted octanol–water partition coefficient (Wildman–Crippen LogP) is 3.78. The Kier molecular flexibility index (Phi) is 10.2. The molecule has 2 heterocycles. The Morgan fingerprint density at radius 1 is 1.24 bits per heavy atom. The van der Waals surface area contributed by atoms with E-state index in [1.165, 1.54) is 24.5 Å². The highest BCUT2D eigenvalue weighted by Crippen LogP contribution is 2.35. The maximum absolute atomic E-state index is 13.7. The zero-order valence-electron chi connectivity index (χ0n) is 22.8. The highest BCUT2D eigenvalue weighted by Gasteiger charge is 2.23. The smallest absolute Gasteiger partial charge is 0.331 e. The van der Waals surface area contributed by atoms with Gasteiger partial charge in [-0.15, -0.1) is 0 Å². The van der Waals surface area contributed by atoms with Crippen LogP contribution in [0.1, 0.15) is 12.8 Å². The van der Waals surface area contributed by atoms with Crippen LogP contribution in [0.2, 0.25) is 5.02 Å². The van der Waals surface area contributed by atoms with Crippen molar-refractivity contribution in [1.29, 1.82) is 0 Å². The molecule has 3 N–H and O–H groups in total. The molecule has 4 rings (SSSR count). The second-order valence-electron chi connectivity index (χ2n) is 9.69. The number of nitrogens with one attached hydrogen (secondary N) is 2. The van der Waals surface area contributed by atoms with E-state index in [0.717, 1.165) is 6.08 Å². The molecule has 42 heavy (non-hydrogen) atoms. The number of rotatable bonds is 12. The van der Waals surface area contributed by atoms with Crippen LogP contribution in [0.15, 0.2) is 48.8 Å². The van der Waals surface area contributed by atoms with Gasteiger partial charge in [-0.3, -0.25) is 4.79 Å². The first-order valence-electron chi connectivity index (χ1n) is 12.9. The molecule has 0 saturated carbocycles. The van der Waals surface area contributed by atoms with Gasteiger partial charge in [0.2, 0.25) is 5.91 Å². The molecular formula is C28H29ClFN5O7. The minimum Gasteiger partial charge on any atom is -0.486 e. The van der Waals surface area contributed by atoms with Crippen LogP contribution in [-0.4, -0.2) is 83.9 Å². The van der Waals surface area contributed by atoms with Gasteiger partial charge < -0.3 is 34.9 Å². The first kappa shape index (κ1) is 30.6. The lowest BCUT2D eigenvalue weighted by Gasteiger charge is -2.21. The van der Waals surface area contributed by atoms with Gasteiger partial charge in [0.05, 0.1) is 35.9 Å². The fraction of sp³-hybridized carbons (Fsp3) is 0.321. The van der Waals surface area contributed by atoms with E-state index in [0.29, 0.717) is 59.6 Å². The van der Waals surface area contributed by atoms with Gasteiger partial charge in [0, 0.05) is 42.3 Å². The van der Waals surface area contributed by atoms with E-state index in [-0.39, 0.29) is 24.1 Å². The lowest BCUT2D eigenvalue weighted by atomic mass is 10.1. The molecular weight excluding hydrogens is 573 g/mol. The molecule has 1 aliphatic heterocycles. The zero-order chi connectivity index (χ0) is 30.2. The van der Waals surface area contributed by atoms with Crippen LogP contribution < -0.4 is 15.4 Å². The average molecular weight is 602 g/mol. The first-order valence-corrected chi connectivity index (χ1v) is 13.3. The van der Waals surface area contributed by atoms with Crippen LogP contribution in [0, 0.1) is 5.82 Å². The van der Waals surface area contributed by atoms with Crippen LogP contribution in [0.25, 0.3) is 10.9 Å². The maximum Gasteiger partial charge on any atom is 0.331 e. The number of hydrogen-bond acceptors (Lipinski definition) is 10. The number of anilines is 3. The zero-order valence-corrected chi connectivity index (χ0v) is 23.6. The van der Waals surface area contributed by atoms with E-state index in [1.54, 1.807) is 31.1 Å². The number of aromatic nitrogens is 2. The Morgan fingerprint density at radius 2 is 2.05 bits per heavy atom. The van der Waals surface area contributed by atoms with Crippen LogP contribution in [-0.2, 0) is 23.9 Å². The number of ether oxygens (including phenoxy) is 3. The second-order valence-corrected chi connectivity index (χ2v) is 10.1. The van der Waals surface area contributed by atoms with Gasteiger partial charge >= 0.3 is 11.9 Å².